The largest absolute Gasteiger partial charge is 0.444 e. The molecule has 10 heavy (non-hydrogen) atoms. The number of carbonyl (C=O) groups is 1. The van der Waals surface area contributed by atoms with Gasteiger partial charge in [-0.05, 0) is 6.42 Å². The van der Waals surface area contributed by atoms with Gasteiger partial charge in [-0.3, -0.25) is 5.43 Å². The van der Waals surface area contributed by atoms with Crippen LogP contribution in [0.15, 0.2) is 0 Å². The average molecular weight is 144 g/mol. The fraction of sp³-hybridized carbons (Fsp3) is 0.833. The molecule has 0 spiro atoms. The topological polar surface area (TPSA) is 41.6 Å². The fourth-order valence-electron chi connectivity index (χ4n) is 0.934. The molecule has 4 heteroatoms. The van der Waals surface area contributed by atoms with Gasteiger partial charge in [0.15, 0.2) is 0 Å². The summed E-state index contributed by atoms with van der Waals surface area (Å²) in [6.07, 6.45) is 0.581. The van der Waals surface area contributed by atoms with E-state index in [4.69, 9.17) is 4.74 Å². The Morgan fingerprint density at radius 3 is 3.10 bits per heavy atom. The van der Waals surface area contributed by atoms with Gasteiger partial charge in [0.1, 0.15) is 6.10 Å². The number of hydrogen-bond acceptors (Lipinski definition) is 3. The molecule has 0 aliphatic carbocycles. The van der Waals surface area contributed by atoms with Crippen molar-refractivity contribution in [3.63, 3.8) is 0 Å². The van der Waals surface area contributed by atoms with Crippen LogP contribution in [0.1, 0.15) is 13.3 Å². The van der Waals surface area contributed by atoms with Crippen molar-refractivity contribution >= 4 is 6.09 Å². The number of carbonyl (C=O) groups excluding carboxylic acids is 1. The lowest BCUT2D eigenvalue weighted by atomic mass is 10.2. The van der Waals surface area contributed by atoms with Crippen molar-refractivity contribution in [1.29, 1.82) is 0 Å². The maximum atomic E-state index is 10.7. The number of amides is 1. The minimum atomic E-state index is -0.347. The Morgan fingerprint density at radius 1 is 1.90 bits per heavy atom. The molecule has 0 radical (unpaired) electrons. The summed E-state index contributed by atoms with van der Waals surface area (Å²) in [5.41, 5.74) is 2.52. The molecule has 1 fully saturated rings. The third-order valence-electron chi connectivity index (χ3n) is 1.49. The van der Waals surface area contributed by atoms with Crippen LogP contribution in [0.2, 0.25) is 0 Å². The van der Waals surface area contributed by atoms with Gasteiger partial charge in [-0.1, -0.05) is 6.92 Å². The zero-order valence-corrected chi connectivity index (χ0v) is 6.26. The second-order valence-electron chi connectivity index (χ2n) is 2.43. The van der Waals surface area contributed by atoms with Gasteiger partial charge in [-0.25, -0.2) is 9.80 Å². The second kappa shape index (κ2) is 2.88. The summed E-state index contributed by atoms with van der Waals surface area (Å²) in [5, 5.41) is 1.74. The molecule has 1 rings (SSSR count). The minimum Gasteiger partial charge on any atom is -0.444 e. The normalized spacial score (nSPS) is 27.4. The molecule has 1 N–H and O–H groups in total. The van der Waals surface area contributed by atoms with Crippen LogP contribution in [0, 0.1) is 0 Å². The van der Waals surface area contributed by atoms with E-state index in [2.05, 4.69) is 5.43 Å². The molecule has 1 heterocycles. The van der Waals surface area contributed by atoms with Crippen molar-refractivity contribution in [1.82, 2.24) is 10.4 Å². The van der Waals surface area contributed by atoms with Gasteiger partial charge in [-0.15, -0.1) is 0 Å². The highest BCUT2D eigenvalue weighted by molar-refractivity contribution is 5.67. The van der Waals surface area contributed by atoms with E-state index in [1.165, 1.54) is 0 Å². The Hall–Kier alpha value is -0.770. The summed E-state index contributed by atoms with van der Waals surface area (Å²) in [4.78, 5) is 10.7. The summed E-state index contributed by atoms with van der Waals surface area (Å²) in [7, 11) is 1.82. The van der Waals surface area contributed by atoms with Crippen LogP contribution in [0.3, 0.4) is 0 Å². The zero-order chi connectivity index (χ0) is 7.56. The Bertz CT molecular complexity index is 138. The van der Waals surface area contributed by atoms with E-state index in [1.807, 2.05) is 14.0 Å². The summed E-state index contributed by atoms with van der Waals surface area (Å²) in [6.45, 7) is 2.76. The summed E-state index contributed by atoms with van der Waals surface area (Å²) in [6, 6.07) is 0. The summed E-state index contributed by atoms with van der Waals surface area (Å²) >= 11 is 0. The number of rotatable bonds is 1. The van der Waals surface area contributed by atoms with Gasteiger partial charge in [0.25, 0.3) is 0 Å². The molecular weight excluding hydrogens is 132 g/mol. The predicted octanol–water partition coefficient (Wildman–Crippen LogP) is 0.352. The van der Waals surface area contributed by atoms with Gasteiger partial charge in [0.2, 0.25) is 0 Å². The molecule has 1 unspecified atom stereocenters. The highest BCUT2D eigenvalue weighted by Gasteiger charge is 2.21. The van der Waals surface area contributed by atoms with Gasteiger partial charge in [-0.2, -0.15) is 0 Å². The molecule has 4 nitrogen and oxygen atoms in total. The maximum absolute atomic E-state index is 10.7. The van der Waals surface area contributed by atoms with Gasteiger partial charge >= 0.3 is 6.09 Å². The first-order valence-corrected chi connectivity index (χ1v) is 3.40. The Balaban J connectivity index is 2.42. The van der Waals surface area contributed by atoms with E-state index in [0.29, 0.717) is 0 Å². The standard InChI is InChI=1S/C6H12N2O2/c1-3-5-4-8(2)7-6(9)10-5/h5H,3-4H2,1-2H3,(H,7,9). The predicted molar refractivity (Wildman–Crippen MR) is 36.3 cm³/mol. The third-order valence-corrected chi connectivity index (χ3v) is 1.49. The molecule has 1 atom stereocenters. The Labute approximate surface area is 60.1 Å². The number of hydrogen-bond donors (Lipinski definition) is 1. The van der Waals surface area contributed by atoms with E-state index >= 15 is 0 Å². The van der Waals surface area contributed by atoms with E-state index in [-0.39, 0.29) is 12.2 Å². The highest BCUT2D eigenvalue weighted by Crippen LogP contribution is 2.03. The van der Waals surface area contributed by atoms with Crippen LogP contribution >= 0.6 is 0 Å². The number of likely N-dealkylation sites (N-methyl/N-ethyl adjacent to an activating group) is 1. The number of nitrogens with zero attached hydrogens (tertiary/aromatic N) is 1. The molecule has 0 aromatic rings. The molecule has 58 valence electrons. The van der Waals surface area contributed by atoms with E-state index in [1.54, 1.807) is 5.01 Å². The van der Waals surface area contributed by atoms with Crippen molar-refractivity contribution in [2.75, 3.05) is 13.6 Å². The molecular formula is C6H12N2O2. The van der Waals surface area contributed by atoms with Crippen LogP contribution in [0.4, 0.5) is 4.79 Å². The van der Waals surface area contributed by atoms with Gasteiger partial charge < -0.3 is 4.74 Å². The molecule has 1 amide bonds. The Kier molecular flexibility index (Phi) is 2.11. The van der Waals surface area contributed by atoms with Crippen LogP contribution in [-0.4, -0.2) is 30.8 Å². The first-order valence-electron chi connectivity index (χ1n) is 3.40. The van der Waals surface area contributed by atoms with E-state index < -0.39 is 0 Å². The van der Waals surface area contributed by atoms with Gasteiger partial charge in [0, 0.05) is 7.05 Å². The highest BCUT2D eigenvalue weighted by atomic mass is 16.6. The molecule has 1 saturated heterocycles. The van der Waals surface area contributed by atoms with Crippen LogP contribution < -0.4 is 5.43 Å². The van der Waals surface area contributed by atoms with E-state index in [9.17, 15) is 4.79 Å². The summed E-state index contributed by atoms with van der Waals surface area (Å²) in [5.74, 6) is 0. The first-order chi connectivity index (χ1) is 4.72. The molecule has 1 aliphatic heterocycles. The van der Waals surface area contributed by atoms with Crippen molar-refractivity contribution in [2.24, 2.45) is 0 Å². The molecule has 0 bridgehead atoms. The minimum absolute atomic E-state index is 0.0544. The number of cyclic esters (lactones) is 1. The van der Waals surface area contributed by atoms with Crippen LogP contribution in [0.25, 0.3) is 0 Å². The lowest BCUT2D eigenvalue weighted by Crippen LogP contribution is -2.50. The van der Waals surface area contributed by atoms with Crippen LogP contribution in [0.5, 0.6) is 0 Å². The Morgan fingerprint density at radius 2 is 2.60 bits per heavy atom. The van der Waals surface area contributed by atoms with Crippen molar-refractivity contribution in [3.05, 3.63) is 0 Å². The quantitative estimate of drug-likeness (QED) is 0.577. The second-order valence-corrected chi connectivity index (χ2v) is 2.43. The summed E-state index contributed by atoms with van der Waals surface area (Å²) < 4.78 is 4.91. The molecule has 1 aliphatic rings. The van der Waals surface area contributed by atoms with Crippen molar-refractivity contribution in [2.45, 2.75) is 19.4 Å². The fourth-order valence-corrected chi connectivity index (χ4v) is 0.934. The molecule has 0 aromatic carbocycles. The zero-order valence-electron chi connectivity index (χ0n) is 6.26. The smallest absolute Gasteiger partial charge is 0.422 e. The van der Waals surface area contributed by atoms with Crippen molar-refractivity contribution < 1.29 is 9.53 Å². The number of nitrogens with one attached hydrogen (secondary N) is 1. The van der Waals surface area contributed by atoms with Crippen molar-refractivity contribution in [3.8, 4) is 0 Å². The SMILES string of the molecule is CCC1CN(C)NC(=O)O1. The lowest BCUT2D eigenvalue weighted by Gasteiger charge is -2.29. The first kappa shape index (κ1) is 7.34. The lowest BCUT2D eigenvalue weighted by molar-refractivity contribution is 0.0125. The van der Waals surface area contributed by atoms with Gasteiger partial charge in [0.05, 0.1) is 6.54 Å². The average Bonchev–Trinajstić information content (AvgIpc) is 1.85. The third kappa shape index (κ3) is 1.60. The monoisotopic (exact) mass is 144 g/mol. The maximum Gasteiger partial charge on any atom is 0.422 e. The molecule has 0 saturated carbocycles. The number of ether oxygens (including phenoxy) is 1. The molecule has 0 aromatic heterocycles. The number of hydrazine groups is 1. The van der Waals surface area contributed by atoms with Crippen LogP contribution in [-0.2, 0) is 4.74 Å². The van der Waals surface area contributed by atoms with E-state index in [0.717, 1.165) is 13.0 Å².